The van der Waals surface area contributed by atoms with Crippen LogP contribution < -0.4 is 5.32 Å². The molecule has 82 valence electrons. The smallest absolute Gasteiger partial charge is 0.256 e. The number of para-hydroxylation sites is 1. The van der Waals surface area contributed by atoms with Crippen molar-refractivity contribution < 1.29 is 9.59 Å². The van der Waals surface area contributed by atoms with E-state index in [0.29, 0.717) is 17.8 Å². The minimum atomic E-state index is -0.180. The molecule has 0 atom stereocenters. The summed E-state index contributed by atoms with van der Waals surface area (Å²) in [7, 11) is 0. The van der Waals surface area contributed by atoms with Gasteiger partial charge in [-0.1, -0.05) is 18.2 Å². The van der Waals surface area contributed by atoms with E-state index in [2.05, 4.69) is 11.9 Å². The highest BCUT2D eigenvalue weighted by Crippen LogP contribution is 2.19. The predicted octanol–water partition coefficient (Wildman–Crippen LogP) is 1.27. The van der Waals surface area contributed by atoms with Gasteiger partial charge in [0.2, 0.25) is 5.91 Å². The molecule has 1 aliphatic heterocycles. The second-order valence-electron chi connectivity index (χ2n) is 3.57. The first-order valence-corrected chi connectivity index (χ1v) is 5.01. The Morgan fingerprint density at radius 1 is 1.38 bits per heavy atom. The zero-order valence-corrected chi connectivity index (χ0v) is 8.77. The standard InChI is InChI=1S/C12H12N2O2/c1-2-7-14-8-11(15)13-10-6-4-3-5-9(10)12(14)16/h2-6H,1,7-8H2,(H,13,15). The van der Waals surface area contributed by atoms with Crippen molar-refractivity contribution >= 4 is 17.5 Å². The van der Waals surface area contributed by atoms with Crippen LogP contribution in [-0.2, 0) is 4.79 Å². The molecule has 0 bridgehead atoms. The molecule has 0 saturated carbocycles. The SMILES string of the molecule is C=CCN1CC(=O)Nc2ccccc2C1=O. The van der Waals surface area contributed by atoms with Gasteiger partial charge in [0.25, 0.3) is 5.91 Å². The van der Waals surface area contributed by atoms with E-state index in [1.54, 1.807) is 30.3 Å². The van der Waals surface area contributed by atoms with Crippen molar-refractivity contribution in [3.05, 3.63) is 42.5 Å². The molecular formula is C12H12N2O2. The van der Waals surface area contributed by atoms with Crippen molar-refractivity contribution in [2.45, 2.75) is 0 Å². The van der Waals surface area contributed by atoms with Crippen LogP contribution in [0.3, 0.4) is 0 Å². The minimum Gasteiger partial charge on any atom is -0.326 e. The van der Waals surface area contributed by atoms with Gasteiger partial charge in [0.15, 0.2) is 0 Å². The van der Waals surface area contributed by atoms with Gasteiger partial charge in [0, 0.05) is 6.54 Å². The highest BCUT2D eigenvalue weighted by atomic mass is 16.2. The molecule has 0 unspecified atom stereocenters. The highest BCUT2D eigenvalue weighted by molar-refractivity contribution is 6.08. The van der Waals surface area contributed by atoms with Crippen molar-refractivity contribution in [2.24, 2.45) is 0 Å². The molecule has 0 saturated heterocycles. The fourth-order valence-corrected chi connectivity index (χ4v) is 1.69. The van der Waals surface area contributed by atoms with Crippen LogP contribution >= 0.6 is 0 Å². The Kier molecular flexibility index (Phi) is 2.72. The van der Waals surface area contributed by atoms with Crippen molar-refractivity contribution in [1.82, 2.24) is 4.90 Å². The van der Waals surface area contributed by atoms with Crippen molar-refractivity contribution in [1.29, 1.82) is 0 Å². The van der Waals surface area contributed by atoms with Crippen molar-refractivity contribution in [2.75, 3.05) is 18.4 Å². The summed E-state index contributed by atoms with van der Waals surface area (Å²) in [5, 5.41) is 2.71. The lowest BCUT2D eigenvalue weighted by molar-refractivity contribution is -0.116. The number of hydrogen-bond donors (Lipinski definition) is 1. The third-order valence-corrected chi connectivity index (χ3v) is 2.40. The molecule has 0 aromatic heterocycles. The molecule has 1 aromatic carbocycles. The molecule has 2 amide bonds. The molecule has 0 radical (unpaired) electrons. The van der Waals surface area contributed by atoms with Crippen LogP contribution in [0, 0.1) is 0 Å². The van der Waals surface area contributed by atoms with Gasteiger partial charge in [-0.15, -0.1) is 6.58 Å². The number of carbonyl (C=O) groups is 2. The molecule has 0 spiro atoms. The number of benzene rings is 1. The summed E-state index contributed by atoms with van der Waals surface area (Å²) in [6.45, 7) is 4.02. The molecule has 0 aliphatic carbocycles. The zero-order chi connectivity index (χ0) is 11.5. The van der Waals surface area contributed by atoms with Gasteiger partial charge in [-0.05, 0) is 12.1 Å². The summed E-state index contributed by atoms with van der Waals surface area (Å²) in [5.41, 5.74) is 1.10. The van der Waals surface area contributed by atoms with Crippen LogP contribution in [0.5, 0.6) is 0 Å². The fourth-order valence-electron chi connectivity index (χ4n) is 1.69. The molecule has 1 N–H and O–H groups in total. The van der Waals surface area contributed by atoms with Gasteiger partial charge in [0.1, 0.15) is 6.54 Å². The van der Waals surface area contributed by atoms with Gasteiger partial charge >= 0.3 is 0 Å². The van der Waals surface area contributed by atoms with E-state index in [4.69, 9.17) is 0 Å². The average Bonchev–Trinajstić information content (AvgIpc) is 2.38. The number of anilines is 1. The van der Waals surface area contributed by atoms with Crippen LogP contribution in [0.15, 0.2) is 36.9 Å². The van der Waals surface area contributed by atoms with Crippen LogP contribution in [-0.4, -0.2) is 29.8 Å². The van der Waals surface area contributed by atoms with Crippen LogP contribution in [0.25, 0.3) is 0 Å². The summed E-state index contributed by atoms with van der Waals surface area (Å²) in [5.74, 6) is -0.325. The number of amides is 2. The summed E-state index contributed by atoms with van der Waals surface area (Å²) in [4.78, 5) is 25.1. The van der Waals surface area contributed by atoms with E-state index in [-0.39, 0.29) is 18.4 Å². The maximum Gasteiger partial charge on any atom is 0.256 e. The maximum absolute atomic E-state index is 12.1. The molecule has 2 rings (SSSR count). The Hall–Kier alpha value is -2.10. The van der Waals surface area contributed by atoms with Crippen molar-refractivity contribution in [3.8, 4) is 0 Å². The van der Waals surface area contributed by atoms with Gasteiger partial charge in [-0.2, -0.15) is 0 Å². The Labute approximate surface area is 93.6 Å². The number of carbonyl (C=O) groups excluding carboxylic acids is 2. The number of nitrogens with zero attached hydrogens (tertiary/aromatic N) is 1. The Balaban J connectivity index is 2.42. The minimum absolute atomic E-state index is 0.0690. The van der Waals surface area contributed by atoms with Crippen LogP contribution in [0.4, 0.5) is 5.69 Å². The maximum atomic E-state index is 12.1. The molecule has 0 fully saturated rings. The molecular weight excluding hydrogens is 204 g/mol. The van der Waals surface area contributed by atoms with Gasteiger partial charge in [-0.25, -0.2) is 0 Å². The monoisotopic (exact) mass is 216 g/mol. The third-order valence-electron chi connectivity index (χ3n) is 2.40. The third kappa shape index (κ3) is 1.82. The zero-order valence-electron chi connectivity index (χ0n) is 8.77. The Bertz CT molecular complexity index is 454. The Morgan fingerprint density at radius 3 is 2.88 bits per heavy atom. The second kappa shape index (κ2) is 4.18. The highest BCUT2D eigenvalue weighted by Gasteiger charge is 2.24. The summed E-state index contributed by atoms with van der Waals surface area (Å²) in [6, 6.07) is 7.00. The fraction of sp³-hybridized carbons (Fsp3) is 0.167. The normalized spacial score (nSPS) is 15.1. The van der Waals surface area contributed by atoms with E-state index in [1.165, 1.54) is 4.90 Å². The van der Waals surface area contributed by atoms with E-state index in [0.717, 1.165) is 0 Å². The number of fused-ring (bicyclic) bond motifs is 1. The summed E-state index contributed by atoms with van der Waals surface area (Å²) < 4.78 is 0. The topological polar surface area (TPSA) is 49.4 Å². The van der Waals surface area contributed by atoms with E-state index in [1.807, 2.05) is 0 Å². The number of nitrogens with one attached hydrogen (secondary N) is 1. The Morgan fingerprint density at radius 2 is 2.12 bits per heavy atom. The molecule has 1 aromatic rings. The summed E-state index contributed by atoms with van der Waals surface area (Å²) >= 11 is 0. The van der Waals surface area contributed by atoms with Gasteiger partial charge in [-0.3, -0.25) is 9.59 Å². The molecule has 4 heteroatoms. The molecule has 1 heterocycles. The molecule has 16 heavy (non-hydrogen) atoms. The summed E-state index contributed by atoms with van der Waals surface area (Å²) in [6.07, 6.45) is 1.61. The van der Waals surface area contributed by atoms with E-state index in [9.17, 15) is 9.59 Å². The second-order valence-corrected chi connectivity index (χ2v) is 3.57. The molecule has 1 aliphatic rings. The van der Waals surface area contributed by atoms with Gasteiger partial charge in [0.05, 0.1) is 11.3 Å². The van der Waals surface area contributed by atoms with Crippen molar-refractivity contribution in [3.63, 3.8) is 0 Å². The van der Waals surface area contributed by atoms with Crippen LogP contribution in [0.1, 0.15) is 10.4 Å². The number of rotatable bonds is 2. The van der Waals surface area contributed by atoms with Crippen LogP contribution in [0.2, 0.25) is 0 Å². The number of hydrogen-bond acceptors (Lipinski definition) is 2. The first-order chi connectivity index (χ1) is 7.72. The largest absolute Gasteiger partial charge is 0.326 e. The lowest BCUT2D eigenvalue weighted by Crippen LogP contribution is -2.35. The first-order valence-electron chi connectivity index (χ1n) is 5.01. The predicted molar refractivity (Wildman–Crippen MR) is 61.2 cm³/mol. The van der Waals surface area contributed by atoms with E-state index >= 15 is 0 Å². The molecule has 4 nitrogen and oxygen atoms in total. The lowest BCUT2D eigenvalue weighted by Gasteiger charge is -2.16. The lowest BCUT2D eigenvalue weighted by atomic mass is 10.1. The van der Waals surface area contributed by atoms with Gasteiger partial charge < -0.3 is 10.2 Å². The average molecular weight is 216 g/mol. The van der Waals surface area contributed by atoms with E-state index < -0.39 is 0 Å². The first kappa shape index (κ1) is 10.4. The quantitative estimate of drug-likeness (QED) is 0.757.